The van der Waals surface area contributed by atoms with Crippen LogP contribution in [-0.4, -0.2) is 111 Å². The minimum atomic E-state index is -2.09. The van der Waals surface area contributed by atoms with Crippen molar-refractivity contribution in [1.82, 2.24) is 10.6 Å². The molecule has 0 fully saturated rings. The van der Waals surface area contributed by atoms with Crippen molar-refractivity contribution in [2.45, 2.75) is 56.3 Å². The summed E-state index contributed by atoms with van der Waals surface area (Å²) in [5.41, 5.74) is 10.4. The summed E-state index contributed by atoms with van der Waals surface area (Å²) in [4.78, 5) is 69.8. The highest BCUT2D eigenvalue weighted by Crippen LogP contribution is 2.17. The molecule has 0 bridgehead atoms. The van der Waals surface area contributed by atoms with E-state index in [1.165, 1.54) is 0 Å². The minimum Gasteiger partial charge on any atom is -0.481 e. The number of aldehydes is 1. The molecule has 0 radical (unpaired) electrons. The molecule has 0 aliphatic heterocycles. The third-order valence-corrected chi connectivity index (χ3v) is 4.65. The highest BCUT2D eigenvalue weighted by molar-refractivity contribution is 5.91. The molecule has 3 unspecified atom stereocenters. The van der Waals surface area contributed by atoms with Gasteiger partial charge in [-0.15, -0.1) is 0 Å². The molecule has 0 heterocycles. The number of hydrogen-bond acceptors (Lipinski definition) is 11. The predicted molar refractivity (Wildman–Crippen MR) is 109 cm³/mol. The highest BCUT2D eigenvalue weighted by atomic mass is 16.5. The molecule has 4 amide bonds. The smallest absolute Gasteiger partial charge is 0.303 e. The Bertz CT molecular complexity index is 748. The topological polar surface area (TPSA) is 289 Å². The standard InChI is InChI=1S/C18H30N4O12/c1-7(18(33)22-8(16(19)31)2-3-12(28)29)14(17(20)32)34-15(13(30)10(26)5-24)9(4-23)21-11(27)6-25/h4,7-10,13-15,24-26,30H,2-3,5-6H2,1H3,(H2,19,31)(H2,20,32)(H,21,27)(H,22,33)(H,28,29)/t7?,8?,9-,10+,13+,14?,15+/m0/s1. The van der Waals surface area contributed by atoms with E-state index < -0.39 is 91.7 Å². The summed E-state index contributed by atoms with van der Waals surface area (Å²) in [6.45, 7) is -0.992. The molecule has 16 nitrogen and oxygen atoms in total. The van der Waals surface area contributed by atoms with E-state index in [4.69, 9.17) is 31.5 Å². The molecule has 0 saturated heterocycles. The first-order valence-corrected chi connectivity index (χ1v) is 9.89. The first kappa shape index (κ1) is 30.8. The van der Waals surface area contributed by atoms with E-state index >= 15 is 0 Å². The maximum absolute atomic E-state index is 12.6. The molecule has 16 heteroatoms. The van der Waals surface area contributed by atoms with E-state index in [1.54, 1.807) is 0 Å². The van der Waals surface area contributed by atoms with Crippen LogP contribution in [0.1, 0.15) is 19.8 Å². The Morgan fingerprint density at radius 1 is 1.03 bits per heavy atom. The van der Waals surface area contributed by atoms with Crippen molar-refractivity contribution in [2.75, 3.05) is 13.2 Å². The minimum absolute atomic E-state index is 0.0450. The first-order valence-electron chi connectivity index (χ1n) is 9.89. The number of carbonyl (C=O) groups excluding carboxylic acids is 5. The summed E-state index contributed by atoms with van der Waals surface area (Å²) in [7, 11) is 0. The fraction of sp³-hybridized carbons (Fsp3) is 0.667. The molecule has 0 saturated carbocycles. The molecule has 194 valence electrons. The molecule has 0 aromatic carbocycles. The third-order valence-electron chi connectivity index (χ3n) is 4.65. The van der Waals surface area contributed by atoms with Gasteiger partial charge < -0.3 is 57.2 Å². The first-order chi connectivity index (χ1) is 15.8. The van der Waals surface area contributed by atoms with E-state index in [-0.39, 0.29) is 12.7 Å². The van der Waals surface area contributed by atoms with Crippen LogP contribution in [0.2, 0.25) is 0 Å². The van der Waals surface area contributed by atoms with E-state index in [9.17, 15) is 39.0 Å². The van der Waals surface area contributed by atoms with Crippen LogP contribution in [0.15, 0.2) is 0 Å². The van der Waals surface area contributed by atoms with Gasteiger partial charge in [-0.3, -0.25) is 24.0 Å². The Hall–Kier alpha value is -3.18. The summed E-state index contributed by atoms with van der Waals surface area (Å²) < 4.78 is 5.32. The summed E-state index contributed by atoms with van der Waals surface area (Å²) in [6.07, 6.45) is -8.72. The largest absolute Gasteiger partial charge is 0.481 e. The van der Waals surface area contributed by atoms with Crippen LogP contribution < -0.4 is 22.1 Å². The molecule has 7 atom stereocenters. The van der Waals surface area contributed by atoms with Gasteiger partial charge in [0, 0.05) is 6.42 Å². The lowest BCUT2D eigenvalue weighted by Gasteiger charge is -2.34. The number of aliphatic hydroxyl groups excluding tert-OH is 4. The van der Waals surface area contributed by atoms with Gasteiger partial charge in [-0.25, -0.2) is 0 Å². The number of aliphatic carboxylic acids is 1. The molecule has 0 aromatic heterocycles. The van der Waals surface area contributed by atoms with Gasteiger partial charge >= 0.3 is 5.97 Å². The van der Waals surface area contributed by atoms with Crippen molar-refractivity contribution >= 4 is 35.9 Å². The van der Waals surface area contributed by atoms with Crippen LogP contribution in [0.25, 0.3) is 0 Å². The normalized spacial score (nSPS) is 17.2. The van der Waals surface area contributed by atoms with E-state index in [0.29, 0.717) is 0 Å². The zero-order valence-electron chi connectivity index (χ0n) is 18.2. The van der Waals surface area contributed by atoms with Crippen LogP contribution in [-0.2, 0) is 33.5 Å². The van der Waals surface area contributed by atoms with Gasteiger partial charge in [0.2, 0.25) is 23.6 Å². The third kappa shape index (κ3) is 9.75. The van der Waals surface area contributed by atoms with Crippen LogP contribution in [0.4, 0.5) is 0 Å². The number of nitrogens with two attached hydrogens (primary N) is 2. The van der Waals surface area contributed by atoms with Gasteiger partial charge in [-0.2, -0.15) is 0 Å². The number of hydrogen-bond donors (Lipinski definition) is 9. The number of nitrogens with one attached hydrogen (secondary N) is 2. The van der Waals surface area contributed by atoms with Crippen molar-refractivity contribution in [3.8, 4) is 0 Å². The van der Waals surface area contributed by atoms with Crippen LogP contribution >= 0.6 is 0 Å². The van der Waals surface area contributed by atoms with Crippen LogP contribution in [0.3, 0.4) is 0 Å². The average molecular weight is 494 g/mol. The van der Waals surface area contributed by atoms with Crippen molar-refractivity contribution < 1.29 is 59.0 Å². The average Bonchev–Trinajstić information content (AvgIpc) is 2.78. The molecule has 0 aromatic rings. The lowest BCUT2D eigenvalue weighted by atomic mass is 9.98. The Labute approximate surface area is 193 Å². The number of amides is 4. The van der Waals surface area contributed by atoms with E-state index in [0.717, 1.165) is 6.92 Å². The second kappa shape index (κ2) is 14.9. The Balaban J connectivity index is 5.86. The molecular formula is C18H30N4O12. The maximum atomic E-state index is 12.6. The zero-order chi connectivity index (χ0) is 26.6. The number of ether oxygens (including phenoxy) is 1. The fourth-order valence-corrected chi connectivity index (χ4v) is 2.72. The number of carbonyl (C=O) groups is 6. The highest BCUT2D eigenvalue weighted by Gasteiger charge is 2.41. The van der Waals surface area contributed by atoms with Crippen molar-refractivity contribution in [3.63, 3.8) is 0 Å². The number of carboxylic acid groups (broad SMARTS) is 1. The van der Waals surface area contributed by atoms with Gasteiger partial charge in [0.05, 0.1) is 12.5 Å². The second-order valence-electron chi connectivity index (χ2n) is 7.24. The SMILES string of the molecule is CC(C(=O)NC(CCC(=O)O)C(N)=O)C(O[C@@H]([C@H](O)[C@H](O)CO)[C@H](C=O)NC(=O)CO)C(N)=O. The lowest BCUT2D eigenvalue weighted by Crippen LogP contribution is -2.58. The van der Waals surface area contributed by atoms with Crippen LogP contribution in [0, 0.1) is 5.92 Å². The summed E-state index contributed by atoms with van der Waals surface area (Å²) >= 11 is 0. The van der Waals surface area contributed by atoms with Gasteiger partial charge in [0.1, 0.15) is 49.4 Å². The van der Waals surface area contributed by atoms with E-state index in [2.05, 4.69) is 5.32 Å². The molecule has 11 N–H and O–H groups in total. The van der Waals surface area contributed by atoms with Crippen molar-refractivity contribution in [2.24, 2.45) is 17.4 Å². The number of primary amides is 2. The second-order valence-corrected chi connectivity index (χ2v) is 7.24. The Morgan fingerprint density at radius 3 is 2.03 bits per heavy atom. The maximum Gasteiger partial charge on any atom is 0.303 e. The fourth-order valence-electron chi connectivity index (χ4n) is 2.72. The molecular weight excluding hydrogens is 464 g/mol. The molecule has 34 heavy (non-hydrogen) atoms. The lowest BCUT2D eigenvalue weighted by molar-refractivity contribution is -0.167. The predicted octanol–water partition coefficient (Wildman–Crippen LogP) is -5.91. The van der Waals surface area contributed by atoms with Crippen LogP contribution in [0.5, 0.6) is 0 Å². The molecule has 0 spiro atoms. The number of rotatable bonds is 17. The van der Waals surface area contributed by atoms with E-state index in [1.807, 2.05) is 5.32 Å². The summed E-state index contributed by atoms with van der Waals surface area (Å²) in [5.74, 6) is -7.29. The van der Waals surface area contributed by atoms with Gasteiger partial charge in [0.25, 0.3) is 0 Å². The Kier molecular flexibility index (Phi) is 13.5. The van der Waals surface area contributed by atoms with Gasteiger partial charge in [-0.1, -0.05) is 6.92 Å². The molecule has 0 aliphatic carbocycles. The van der Waals surface area contributed by atoms with Crippen molar-refractivity contribution in [1.29, 1.82) is 0 Å². The summed E-state index contributed by atoms with van der Waals surface area (Å²) in [6, 6.07) is -3.20. The molecule has 0 rings (SSSR count). The zero-order valence-corrected chi connectivity index (χ0v) is 18.2. The molecule has 0 aliphatic rings. The van der Waals surface area contributed by atoms with Gasteiger partial charge in [0.15, 0.2) is 0 Å². The quantitative estimate of drug-likeness (QED) is 0.0854. The monoisotopic (exact) mass is 494 g/mol. The Morgan fingerprint density at radius 2 is 1.62 bits per heavy atom. The van der Waals surface area contributed by atoms with Gasteiger partial charge in [-0.05, 0) is 6.42 Å². The summed E-state index contributed by atoms with van der Waals surface area (Å²) in [5, 5.41) is 50.8. The number of aliphatic hydroxyl groups is 4. The number of carboxylic acids is 1. The van der Waals surface area contributed by atoms with Crippen molar-refractivity contribution in [3.05, 3.63) is 0 Å².